The van der Waals surface area contributed by atoms with E-state index in [4.69, 9.17) is 11.6 Å². The first-order valence-corrected chi connectivity index (χ1v) is 9.59. The summed E-state index contributed by atoms with van der Waals surface area (Å²) in [5, 5.41) is 3.17. The van der Waals surface area contributed by atoms with Gasteiger partial charge in [0.15, 0.2) is 0 Å². The molecular formula is C15H13ClN4O2S2. The summed E-state index contributed by atoms with van der Waals surface area (Å²) >= 11 is 6.76. The number of nitrogens with zero attached hydrogens (tertiary/aromatic N) is 2. The molecule has 0 aromatic carbocycles. The Morgan fingerprint density at radius 3 is 2.58 bits per heavy atom. The molecule has 0 aliphatic heterocycles. The minimum absolute atomic E-state index is 0.145. The highest BCUT2D eigenvalue weighted by Gasteiger charge is 2.17. The fourth-order valence-electron chi connectivity index (χ4n) is 1.88. The monoisotopic (exact) mass is 380 g/mol. The van der Waals surface area contributed by atoms with E-state index in [1.807, 2.05) is 18.2 Å². The van der Waals surface area contributed by atoms with Gasteiger partial charge in [0.05, 0.1) is 28.5 Å². The molecule has 24 heavy (non-hydrogen) atoms. The number of halogens is 1. The van der Waals surface area contributed by atoms with E-state index in [1.165, 1.54) is 6.07 Å². The molecule has 0 amide bonds. The zero-order valence-electron chi connectivity index (χ0n) is 12.3. The normalized spacial score (nSPS) is 11.2. The number of pyridine rings is 2. The van der Waals surface area contributed by atoms with Crippen LogP contribution in [0.5, 0.6) is 0 Å². The van der Waals surface area contributed by atoms with Crippen molar-refractivity contribution in [3.63, 3.8) is 0 Å². The number of sulfonamides is 1. The average Bonchev–Trinajstić information content (AvgIpc) is 3.02. The van der Waals surface area contributed by atoms with Crippen LogP contribution in [0.3, 0.4) is 0 Å². The number of anilines is 2. The van der Waals surface area contributed by atoms with Gasteiger partial charge in [0, 0.05) is 6.20 Å². The molecule has 3 rings (SSSR count). The molecule has 2 N–H and O–H groups in total. The maximum absolute atomic E-state index is 12.2. The molecule has 0 atom stereocenters. The lowest BCUT2D eigenvalue weighted by Crippen LogP contribution is -2.12. The van der Waals surface area contributed by atoms with E-state index >= 15 is 0 Å². The topological polar surface area (TPSA) is 84.0 Å². The van der Waals surface area contributed by atoms with Gasteiger partial charge < -0.3 is 5.32 Å². The Labute approximate surface area is 148 Å². The van der Waals surface area contributed by atoms with Crippen molar-refractivity contribution >= 4 is 44.5 Å². The van der Waals surface area contributed by atoms with Crippen molar-refractivity contribution in [3.8, 4) is 0 Å². The van der Waals surface area contributed by atoms with Crippen molar-refractivity contribution in [2.75, 3.05) is 10.0 Å². The molecule has 0 bridgehead atoms. The zero-order chi connectivity index (χ0) is 17.0. The predicted molar refractivity (Wildman–Crippen MR) is 95.9 cm³/mol. The largest absolute Gasteiger partial charge is 0.378 e. The summed E-state index contributed by atoms with van der Waals surface area (Å²) < 4.78 is 27.4. The van der Waals surface area contributed by atoms with Crippen molar-refractivity contribution in [1.29, 1.82) is 0 Å². The molecule has 0 saturated carbocycles. The number of thiophene rings is 1. The summed E-state index contributed by atoms with van der Waals surface area (Å²) in [6.45, 7) is 0.557. The Morgan fingerprint density at radius 2 is 1.96 bits per heavy atom. The van der Waals surface area contributed by atoms with Gasteiger partial charge in [-0.15, -0.1) is 11.3 Å². The van der Waals surface area contributed by atoms with Gasteiger partial charge in [-0.05, 0) is 36.4 Å². The highest BCUT2D eigenvalue weighted by atomic mass is 35.5. The number of aromatic nitrogens is 2. The quantitative estimate of drug-likeness (QED) is 0.682. The molecule has 0 spiro atoms. The lowest BCUT2D eigenvalue weighted by Gasteiger charge is -2.08. The standard InChI is InChI=1S/C15H13ClN4O2S2/c16-13-5-7-15(23-13)24(21,22)20-14-6-4-12(10-19-14)18-9-11-3-1-2-8-17-11/h1-8,10,18H,9H2,(H,19,20). The van der Waals surface area contributed by atoms with Crippen molar-refractivity contribution < 1.29 is 8.42 Å². The second kappa shape index (κ2) is 7.16. The minimum atomic E-state index is -3.67. The van der Waals surface area contributed by atoms with Crippen LogP contribution in [0.15, 0.2) is 59.1 Å². The van der Waals surface area contributed by atoms with Gasteiger partial charge in [0.2, 0.25) is 0 Å². The van der Waals surface area contributed by atoms with Gasteiger partial charge in [-0.3, -0.25) is 9.71 Å². The van der Waals surface area contributed by atoms with Crippen LogP contribution in [0.2, 0.25) is 4.34 Å². The molecule has 3 aromatic rings. The van der Waals surface area contributed by atoms with Gasteiger partial charge in [-0.25, -0.2) is 13.4 Å². The number of hydrogen-bond donors (Lipinski definition) is 2. The fraction of sp³-hybridized carbons (Fsp3) is 0.0667. The van der Waals surface area contributed by atoms with Gasteiger partial charge in [0.25, 0.3) is 10.0 Å². The summed E-state index contributed by atoms with van der Waals surface area (Å²) in [6, 6.07) is 12.0. The molecule has 124 valence electrons. The van der Waals surface area contributed by atoms with Crippen molar-refractivity contribution in [2.45, 2.75) is 10.8 Å². The van der Waals surface area contributed by atoms with Crippen LogP contribution in [0.4, 0.5) is 11.5 Å². The first-order valence-electron chi connectivity index (χ1n) is 6.91. The van der Waals surface area contributed by atoms with Crippen LogP contribution in [0.25, 0.3) is 0 Å². The second-order valence-corrected chi connectivity index (χ2v) is 8.40. The Kier molecular flexibility index (Phi) is 4.98. The smallest absolute Gasteiger partial charge is 0.272 e. The van der Waals surface area contributed by atoms with Gasteiger partial charge in [-0.1, -0.05) is 17.7 Å². The lowest BCUT2D eigenvalue weighted by molar-refractivity contribution is 0.603. The van der Waals surface area contributed by atoms with Crippen LogP contribution < -0.4 is 10.0 Å². The Morgan fingerprint density at radius 1 is 1.08 bits per heavy atom. The molecule has 0 unspecified atom stereocenters. The van der Waals surface area contributed by atoms with Gasteiger partial charge in [-0.2, -0.15) is 0 Å². The molecule has 6 nitrogen and oxygen atoms in total. The maximum atomic E-state index is 12.2. The molecule has 3 aromatic heterocycles. The Bertz CT molecular complexity index is 912. The van der Waals surface area contributed by atoms with E-state index in [9.17, 15) is 8.42 Å². The van der Waals surface area contributed by atoms with E-state index < -0.39 is 10.0 Å². The number of hydrogen-bond acceptors (Lipinski definition) is 6. The first-order chi connectivity index (χ1) is 11.5. The summed E-state index contributed by atoms with van der Waals surface area (Å²) in [5.74, 6) is 0.239. The van der Waals surface area contributed by atoms with Crippen LogP contribution in [-0.2, 0) is 16.6 Å². The molecule has 0 saturated heterocycles. The highest BCUT2D eigenvalue weighted by molar-refractivity contribution is 7.94. The third kappa shape index (κ3) is 4.22. The Hall–Kier alpha value is -2.16. The Balaban J connectivity index is 1.64. The highest BCUT2D eigenvalue weighted by Crippen LogP contribution is 2.27. The number of rotatable bonds is 6. The van der Waals surface area contributed by atoms with E-state index in [0.717, 1.165) is 22.7 Å². The molecule has 3 heterocycles. The molecule has 0 aliphatic carbocycles. The molecule has 0 radical (unpaired) electrons. The van der Waals surface area contributed by atoms with E-state index in [2.05, 4.69) is 20.0 Å². The predicted octanol–water partition coefficient (Wildman–Crippen LogP) is 3.60. The third-order valence-corrected chi connectivity index (χ3v) is 6.09. The summed E-state index contributed by atoms with van der Waals surface area (Å²) in [4.78, 5) is 8.32. The van der Waals surface area contributed by atoms with E-state index in [-0.39, 0.29) is 10.0 Å². The number of nitrogens with one attached hydrogen (secondary N) is 2. The average molecular weight is 381 g/mol. The van der Waals surface area contributed by atoms with Crippen LogP contribution >= 0.6 is 22.9 Å². The maximum Gasteiger partial charge on any atom is 0.272 e. The summed E-state index contributed by atoms with van der Waals surface area (Å²) in [6.07, 6.45) is 3.28. The van der Waals surface area contributed by atoms with Gasteiger partial charge in [0.1, 0.15) is 10.0 Å². The second-order valence-electron chi connectivity index (χ2n) is 4.77. The minimum Gasteiger partial charge on any atom is -0.378 e. The van der Waals surface area contributed by atoms with Crippen molar-refractivity contribution in [1.82, 2.24) is 9.97 Å². The van der Waals surface area contributed by atoms with Crippen molar-refractivity contribution in [3.05, 3.63) is 64.9 Å². The molecule has 0 aliphatic rings. The van der Waals surface area contributed by atoms with Crippen LogP contribution in [-0.4, -0.2) is 18.4 Å². The van der Waals surface area contributed by atoms with E-state index in [1.54, 1.807) is 30.6 Å². The first kappa shape index (κ1) is 16.7. The zero-order valence-corrected chi connectivity index (χ0v) is 14.7. The summed E-state index contributed by atoms with van der Waals surface area (Å²) in [5.41, 5.74) is 1.67. The SMILES string of the molecule is O=S(=O)(Nc1ccc(NCc2ccccn2)cn1)c1ccc(Cl)s1. The van der Waals surface area contributed by atoms with Crippen LogP contribution in [0.1, 0.15) is 5.69 Å². The fourth-order valence-corrected chi connectivity index (χ4v) is 4.38. The molecule has 9 heteroatoms. The lowest BCUT2D eigenvalue weighted by atomic mass is 10.3. The van der Waals surface area contributed by atoms with E-state index in [0.29, 0.717) is 10.9 Å². The molecule has 0 fully saturated rings. The third-order valence-electron chi connectivity index (χ3n) is 3.02. The molecular weight excluding hydrogens is 368 g/mol. The van der Waals surface area contributed by atoms with Crippen LogP contribution in [0, 0.1) is 0 Å². The van der Waals surface area contributed by atoms with Gasteiger partial charge >= 0.3 is 0 Å². The summed E-state index contributed by atoms with van der Waals surface area (Å²) in [7, 11) is -3.67. The van der Waals surface area contributed by atoms with Crippen molar-refractivity contribution in [2.24, 2.45) is 0 Å².